The van der Waals surface area contributed by atoms with E-state index in [1.165, 1.54) is 7.05 Å². The Morgan fingerprint density at radius 3 is 1.60 bits per heavy atom. The van der Waals surface area contributed by atoms with Crippen LogP contribution in [-0.4, -0.2) is 87.0 Å². The predicted octanol–water partition coefficient (Wildman–Crippen LogP) is 4.81. The quantitative estimate of drug-likeness (QED) is 0.0654. The summed E-state index contributed by atoms with van der Waals surface area (Å²) in [5.74, 6) is -1.51. The van der Waals surface area contributed by atoms with Crippen molar-refractivity contribution < 1.29 is 52.1 Å². The van der Waals surface area contributed by atoms with Gasteiger partial charge in [0.05, 0.1) is 39.6 Å². The standard InChI is InChI=1S/C30H42N3O11P/c1-3-26(27(34)35)33(2)28(31)32-45(38,43-20-10-18-39-29(36)41-22-16-24-12-6-4-7-13-24)44-21-11-19-40-30(37)42-23-17-25-14-8-5-9-15-25/h4-9,12-15,26H,3,10-11,16-23H2,1-2H3,(H,34,35)(H2,31,32,38). The second-order valence-electron chi connectivity index (χ2n) is 9.54. The number of benzene rings is 2. The van der Waals surface area contributed by atoms with Crippen molar-refractivity contribution in [2.45, 2.75) is 45.1 Å². The fourth-order valence-corrected chi connectivity index (χ4v) is 5.03. The number of likely N-dealkylation sites (N-methyl/N-ethyl adjacent to an activating group) is 1. The normalized spacial score (nSPS) is 12.2. The highest BCUT2D eigenvalue weighted by Crippen LogP contribution is 2.50. The molecule has 0 saturated carbocycles. The third kappa shape index (κ3) is 15.4. The first-order valence-electron chi connectivity index (χ1n) is 14.5. The zero-order valence-electron chi connectivity index (χ0n) is 25.6. The summed E-state index contributed by atoms with van der Waals surface area (Å²) in [4.78, 5) is 36.3. The van der Waals surface area contributed by atoms with Crippen molar-refractivity contribution in [2.24, 2.45) is 10.5 Å². The van der Waals surface area contributed by atoms with Gasteiger partial charge in [-0.15, -0.1) is 4.76 Å². The molecule has 0 amide bonds. The van der Waals surface area contributed by atoms with E-state index in [9.17, 15) is 24.1 Å². The zero-order valence-corrected chi connectivity index (χ0v) is 26.5. The first-order chi connectivity index (χ1) is 21.6. The van der Waals surface area contributed by atoms with Crippen LogP contribution < -0.4 is 5.73 Å². The minimum Gasteiger partial charge on any atom is -0.480 e. The Balaban J connectivity index is 1.80. The molecular weight excluding hydrogens is 609 g/mol. The van der Waals surface area contributed by atoms with E-state index in [0.717, 1.165) is 16.0 Å². The van der Waals surface area contributed by atoms with Gasteiger partial charge in [-0.1, -0.05) is 67.6 Å². The van der Waals surface area contributed by atoms with Crippen LogP contribution in [0.1, 0.15) is 37.3 Å². The first-order valence-corrected chi connectivity index (χ1v) is 16.0. The van der Waals surface area contributed by atoms with E-state index in [0.29, 0.717) is 12.8 Å². The number of ether oxygens (including phenoxy) is 4. The maximum atomic E-state index is 13.4. The SMILES string of the molecule is CCC(C(=O)O)N(C)C(N)=NP(=O)(OCCCOC(=O)OCCc1ccccc1)OCCCOC(=O)OCCc1ccccc1. The van der Waals surface area contributed by atoms with Gasteiger partial charge in [0.25, 0.3) is 0 Å². The number of carbonyl (C=O) groups is 3. The van der Waals surface area contributed by atoms with Crippen LogP contribution in [0.15, 0.2) is 65.4 Å². The lowest BCUT2D eigenvalue weighted by Gasteiger charge is -2.25. The molecule has 0 heterocycles. The molecule has 0 aliphatic rings. The van der Waals surface area contributed by atoms with Crippen LogP contribution in [0, 0.1) is 0 Å². The number of nitrogens with zero attached hydrogens (tertiary/aromatic N) is 2. The summed E-state index contributed by atoms with van der Waals surface area (Å²) in [5, 5.41) is 9.42. The van der Waals surface area contributed by atoms with Crippen molar-refractivity contribution in [3.05, 3.63) is 71.8 Å². The topological polar surface area (TPSA) is 186 Å². The fraction of sp³-hybridized carbons (Fsp3) is 0.467. The molecule has 0 spiro atoms. The molecule has 0 aromatic heterocycles. The molecule has 0 radical (unpaired) electrons. The van der Waals surface area contributed by atoms with Gasteiger partial charge in [0.15, 0.2) is 0 Å². The zero-order chi connectivity index (χ0) is 32.9. The maximum Gasteiger partial charge on any atom is 0.508 e. The Bertz CT molecular complexity index is 1180. The van der Waals surface area contributed by atoms with E-state index in [1.54, 1.807) is 6.92 Å². The molecule has 248 valence electrons. The van der Waals surface area contributed by atoms with Gasteiger partial charge in [-0.25, -0.2) is 18.9 Å². The van der Waals surface area contributed by atoms with E-state index in [1.807, 2.05) is 60.7 Å². The number of carboxylic acid groups (broad SMARTS) is 1. The lowest BCUT2D eigenvalue weighted by molar-refractivity contribution is -0.141. The minimum atomic E-state index is -4.26. The van der Waals surface area contributed by atoms with Gasteiger partial charge in [0.2, 0.25) is 5.96 Å². The van der Waals surface area contributed by atoms with Crippen molar-refractivity contribution in [2.75, 3.05) is 46.7 Å². The van der Waals surface area contributed by atoms with Gasteiger partial charge < -0.3 is 34.7 Å². The number of guanidine groups is 1. The van der Waals surface area contributed by atoms with Crippen molar-refractivity contribution in [1.29, 1.82) is 0 Å². The van der Waals surface area contributed by atoms with Gasteiger partial charge in [-0.3, -0.25) is 9.05 Å². The number of rotatable bonds is 20. The van der Waals surface area contributed by atoms with Crippen molar-refractivity contribution in [3.63, 3.8) is 0 Å². The van der Waals surface area contributed by atoms with Crippen molar-refractivity contribution >= 4 is 32.0 Å². The second-order valence-corrected chi connectivity index (χ2v) is 11.2. The summed E-state index contributed by atoms with van der Waals surface area (Å²) >= 11 is 0. The minimum absolute atomic E-state index is 0.0968. The number of nitrogens with two attached hydrogens (primary N) is 1. The summed E-state index contributed by atoms with van der Waals surface area (Å²) in [7, 11) is -2.87. The molecule has 0 bridgehead atoms. The van der Waals surface area contributed by atoms with Crippen LogP contribution in [-0.2, 0) is 50.2 Å². The average molecular weight is 652 g/mol. The Hall–Kier alpha value is -4.13. The Labute approximate surface area is 263 Å². The van der Waals surface area contributed by atoms with Crippen LogP contribution in [0.4, 0.5) is 9.59 Å². The number of aliphatic carboxylic acids is 1. The Morgan fingerprint density at radius 1 is 0.778 bits per heavy atom. The highest BCUT2D eigenvalue weighted by atomic mass is 31.2. The molecule has 1 unspecified atom stereocenters. The molecule has 2 aromatic rings. The van der Waals surface area contributed by atoms with Crippen LogP contribution in [0.5, 0.6) is 0 Å². The molecule has 0 aliphatic carbocycles. The summed E-state index contributed by atoms with van der Waals surface area (Å²) < 4.78 is 48.2. The summed E-state index contributed by atoms with van der Waals surface area (Å²) in [6.45, 7) is 1.35. The van der Waals surface area contributed by atoms with Crippen LogP contribution in [0.25, 0.3) is 0 Å². The lowest BCUT2D eigenvalue weighted by atomic mass is 10.2. The third-order valence-electron chi connectivity index (χ3n) is 6.16. The van der Waals surface area contributed by atoms with E-state index < -0.39 is 32.1 Å². The molecule has 1 atom stereocenters. The second kappa shape index (κ2) is 20.8. The van der Waals surface area contributed by atoms with E-state index in [-0.39, 0.29) is 64.9 Å². The number of carboxylic acids is 1. The Morgan fingerprint density at radius 2 is 1.20 bits per heavy atom. The van der Waals surface area contributed by atoms with Crippen molar-refractivity contribution in [3.8, 4) is 0 Å². The smallest absolute Gasteiger partial charge is 0.480 e. The first kappa shape index (κ1) is 37.1. The van der Waals surface area contributed by atoms with Gasteiger partial charge in [-0.05, 0) is 17.5 Å². The van der Waals surface area contributed by atoms with Gasteiger partial charge in [0, 0.05) is 32.7 Å². The predicted molar refractivity (Wildman–Crippen MR) is 165 cm³/mol. The third-order valence-corrected chi connectivity index (χ3v) is 7.63. The van der Waals surface area contributed by atoms with Crippen LogP contribution in [0.3, 0.4) is 0 Å². The summed E-state index contributed by atoms with van der Waals surface area (Å²) in [5.41, 5.74) is 7.97. The fourth-order valence-electron chi connectivity index (χ4n) is 3.73. The average Bonchev–Trinajstić information content (AvgIpc) is 3.02. The molecule has 3 N–H and O–H groups in total. The van der Waals surface area contributed by atoms with Crippen molar-refractivity contribution in [1.82, 2.24) is 4.90 Å². The van der Waals surface area contributed by atoms with Gasteiger partial charge in [-0.2, -0.15) is 0 Å². The maximum absolute atomic E-state index is 13.4. The number of hydrogen-bond donors (Lipinski definition) is 2. The van der Waals surface area contributed by atoms with E-state index in [4.69, 9.17) is 33.7 Å². The number of hydrogen-bond acceptors (Lipinski definition) is 10. The summed E-state index contributed by atoms with van der Waals surface area (Å²) in [6, 6.07) is 18.0. The molecule has 2 rings (SSSR count). The molecule has 2 aromatic carbocycles. The molecule has 15 heteroatoms. The highest BCUT2D eigenvalue weighted by molar-refractivity contribution is 7.52. The number of carbonyl (C=O) groups excluding carboxylic acids is 2. The molecule has 0 aliphatic heterocycles. The molecule has 14 nitrogen and oxygen atoms in total. The molecule has 0 saturated heterocycles. The molecular formula is C30H42N3O11P. The van der Waals surface area contributed by atoms with Gasteiger partial charge in [0.1, 0.15) is 6.04 Å². The van der Waals surface area contributed by atoms with Crippen LogP contribution in [0.2, 0.25) is 0 Å². The monoisotopic (exact) mass is 651 g/mol. The largest absolute Gasteiger partial charge is 0.508 e. The van der Waals surface area contributed by atoms with Crippen LogP contribution >= 0.6 is 7.75 Å². The van der Waals surface area contributed by atoms with E-state index in [2.05, 4.69) is 4.76 Å². The van der Waals surface area contributed by atoms with E-state index >= 15 is 0 Å². The highest BCUT2D eigenvalue weighted by Gasteiger charge is 2.29. The van der Waals surface area contributed by atoms with Gasteiger partial charge >= 0.3 is 26.0 Å². The molecule has 45 heavy (non-hydrogen) atoms. The lowest BCUT2D eigenvalue weighted by Crippen LogP contribution is -2.45. The summed E-state index contributed by atoms with van der Waals surface area (Å²) in [6.07, 6.45) is -0.192. The Kier molecular flexibility index (Phi) is 17.1. The molecule has 0 fully saturated rings.